The first kappa shape index (κ1) is 19.9. The molecule has 1 heterocycles. The predicted octanol–water partition coefficient (Wildman–Crippen LogP) is 4.05. The summed E-state index contributed by atoms with van der Waals surface area (Å²) in [5.74, 6) is 0. The average molecular weight is 446 g/mol. The molecule has 3 rings (SSSR count). The zero-order valence-corrected chi connectivity index (χ0v) is 17.7. The number of carbonyl (C=O) groups is 1. The number of rotatable bonds is 2. The quantitative estimate of drug-likeness (QED) is 0.721. The van der Waals surface area contributed by atoms with Crippen LogP contribution in [0.3, 0.4) is 0 Å². The lowest BCUT2D eigenvalue weighted by atomic mass is 9.99. The first-order chi connectivity index (χ1) is 12.1. The Morgan fingerprint density at radius 3 is 2.85 bits per heavy atom. The van der Waals surface area contributed by atoms with Crippen LogP contribution in [-0.2, 0) is 11.2 Å². The number of amides is 1. The van der Waals surface area contributed by atoms with Crippen molar-refractivity contribution in [3.8, 4) is 0 Å². The minimum atomic E-state index is -0.512. The third-order valence-corrected chi connectivity index (χ3v) is 5.78. The van der Waals surface area contributed by atoms with E-state index in [-0.39, 0.29) is 18.2 Å². The van der Waals surface area contributed by atoms with Gasteiger partial charge in [-0.05, 0) is 63.4 Å². The highest BCUT2D eigenvalue weighted by Crippen LogP contribution is 2.42. The molecule has 26 heavy (non-hydrogen) atoms. The van der Waals surface area contributed by atoms with Crippen LogP contribution < -0.4 is 5.32 Å². The Hall–Kier alpha value is -0.820. The maximum absolute atomic E-state index is 12.1. The fraction of sp³-hybridized carbons (Fsp3) is 0.632. The molecule has 2 aliphatic rings. The molecule has 2 N–H and O–H groups in total. The molecule has 0 aromatic heterocycles. The molecule has 7 heteroatoms. The third-order valence-electron chi connectivity index (χ3n) is 4.86. The first-order valence-electron chi connectivity index (χ1n) is 9.03. The second-order valence-electron chi connectivity index (χ2n) is 8.15. The van der Waals surface area contributed by atoms with E-state index < -0.39 is 11.7 Å². The number of nitrogens with one attached hydrogen (secondary N) is 1. The Bertz CT molecular complexity index is 692. The van der Waals surface area contributed by atoms with Crippen molar-refractivity contribution in [1.29, 1.82) is 0 Å². The lowest BCUT2D eigenvalue weighted by molar-refractivity contribution is 0.0302. The topological polar surface area (TPSA) is 61.8 Å². The predicted molar refractivity (Wildman–Crippen MR) is 106 cm³/mol. The highest BCUT2D eigenvalue weighted by atomic mass is 79.9. The summed E-state index contributed by atoms with van der Waals surface area (Å²) in [6.07, 6.45) is 1.62. The summed E-state index contributed by atoms with van der Waals surface area (Å²) in [4.78, 5) is 14.3. The molecule has 0 saturated carbocycles. The molecule has 0 spiro atoms. The smallest absolute Gasteiger partial charge is 0.407 e. The Morgan fingerprint density at radius 1 is 1.42 bits per heavy atom. The van der Waals surface area contributed by atoms with Crippen molar-refractivity contribution < 1.29 is 14.6 Å². The number of ether oxygens (including phenoxy) is 1. The van der Waals surface area contributed by atoms with E-state index in [0.717, 1.165) is 35.0 Å². The van der Waals surface area contributed by atoms with Crippen LogP contribution in [0, 0.1) is 0 Å². The van der Waals surface area contributed by atoms with Gasteiger partial charge in [-0.15, -0.1) is 0 Å². The molecule has 0 unspecified atom stereocenters. The van der Waals surface area contributed by atoms with Gasteiger partial charge >= 0.3 is 6.09 Å². The first-order valence-corrected chi connectivity index (χ1v) is 10.2. The molecule has 144 valence electrons. The summed E-state index contributed by atoms with van der Waals surface area (Å²) in [6, 6.07) is 3.74. The fourth-order valence-electron chi connectivity index (χ4n) is 3.92. The van der Waals surface area contributed by atoms with Gasteiger partial charge in [0.15, 0.2) is 0 Å². The van der Waals surface area contributed by atoms with Gasteiger partial charge in [-0.2, -0.15) is 0 Å². The molecule has 3 atom stereocenters. The van der Waals surface area contributed by atoms with E-state index in [0.29, 0.717) is 18.0 Å². The number of fused-ring (bicyclic) bond motifs is 1. The van der Waals surface area contributed by atoms with Crippen LogP contribution in [0.4, 0.5) is 4.79 Å². The van der Waals surface area contributed by atoms with Crippen LogP contribution in [-0.4, -0.2) is 46.9 Å². The summed E-state index contributed by atoms with van der Waals surface area (Å²) in [6.45, 7) is 7.13. The summed E-state index contributed by atoms with van der Waals surface area (Å²) in [5.41, 5.74) is 1.69. The van der Waals surface area contributed by atoms with Crippen LogP contribution in [0.15, 0.2) is 16.6 Å². The largest absolute Gasteiger partial charge is 0.444 e. The van der Waals surface area contributed by atoms with Gasteiger partial charge in [-0.1, -0.05) is 27.5 Å². The summed E-state index contributed by atoms with van der Waals surface area (Å²) in [5, 5.41) is 14.3. The van der Waals surface area contributed by atoms with Gasteiger partial charge in [0.2, 0.25) is 0 Å². The van der Waals surface area contributed by atoms with Gasteiger partial charge in [0.05, 0.1) is 12.1 Å². The van der Waals surface area contributed by atoms with Gasteiger partial charge in [-0.3, -0.25) is 4.90 Å². The minimum Gasteiger partial charge on any atom is -0.444 e. The number of halogens is 2. The van der Waals surface area contributed by atoms with Crippen molar-refractivity contribution in [2.75, 3.05) is 13.1 Å². The molecule has 1 fully saturated rings. The normalized spacial score (nSPS) is 26.5. The van der Waals surface area contributed by atoms with Crippen molar-refractivity contribution in [1.82, 2.24) is 10.2 Å². The number of hydrogen-bond donors (Lipinski definition) is 2. The standard InChI is InChI=1S/C19H26BrClN2O3/c1-19(2,3)26-18(25)22-12-5-4-6-23(10-12)17-14-7-11(21)8-15(20)13(14)9-16(17)24/h7-8,12,16-17,24H,4-6,9-10H2,1-3H3,(H,22,25)/t12-,16-,17-/m1/s1. The highest BCUT2D eigenvalue weighted by molar-refractivity contribution is 9.10. The summed E-state index contributed by atoms with van der Waals surface area (Å²) in [7, 11) is 0. The zero-order valence-electron chi connectivity index (χ0n) is 15.4. The number of hydrogen-bond acceptors (Lipinski definition) is 4. The molecule has 1 aromatic rings. The van der Waals surface area contributed by atoms with Crippen LogP contribution in [0.2, 0.25) is 5.02 Å². The second-order valence-corrected chi connectivity index (χ2v) is 9.44. The van der Waals surface area contributed by atoms with Crippen molar-refractivity contribution in [2.24, 2.45) is 0 Å². The molecule has 1 amide bonds. The number of aliphatic hydroxyl groups is 1. The molecule has 0 radical (unpaired) electrons. The molecule has 1 aromatic carbocycles. The van der Waals surface area contributed by atoms with E-state index in [1.54, 1.807) is 0 Å². The van der Waals surface area contributed by atoms with E-state index in [4.69, 9.17) is 16.3 Å². The van der Waals surface area contributed by atoms with Crippen LogP contribution in [0.5, 0.6) is 0 Å². The molecule has 0 bridgehead atoms. The third kappa shape index (κ3) is 4.53. The van der Waals surface area contributed by atoms with Gasteiger partial charge < -0.3 is 15.2 Å². The van der Waals surface area contributed by atoms with E-state index >= 15 is 0 Å². The van der Waals surface area contributed by atoms with Crippen molar-refractivity contribution in [3.63, 3.8) is 0 Å². The van der Waals surface area contributed by atoms with Gasteiger partial charge in [0.1, 0.15) is 5.60 Å². The fourth-order valence-corrected chi connectivity index (χ4v) is 4.92. The van der Waals surface area contributed by atoms with Crippen molar-refractivity contribution in [3.05, 3.63) is 32.8 Å². The number of nitrogens with zero attached hydrogens (tertiary/aromatic N) is 1. The summed E-state index contributed by atoms with van der Waals surface area (Å²) >= 11 is 9.80. The van der Waals surface area contributed by atoms with Gasteiger partial charge in [0.25, 0.3) is 0 Å². The Labute approximate surface area is 168 Å². The maximum atomic E-state index is 12.1. The monoisotopic (exact) mass is 444 g/mol. The number of piperidine rings is 1. The summed E-state index contributed by atoms with van der Waals surface area (Å²) < 4.78 is 6.31. The number of likely N-dealkylation sites (tertiary alicyclic amines) is 1. The number of benzene rings is 1. The lowest BCUT2D eigenvalue weighted by Gasteiger charge is -2.38. The van der Waals surface area contributed by atoms with Crippen molar-refractivity contribution in [2.45, 2.75) is 63.8 Å². The molecule has 5 nitrogen and oxygen atoms in total. The molecular weight excluding hydrogens is 420 g/mol. The second kappa shape index (κ2) is 7.66. The zero-order chi connectivity index (χ0) is 19.1. The highest BCUT2D eigenvalue weighted by Gasteiger charge is 2.39. The maximum Gasteiger partial charge on any atom is 0.407 e. The molecular formula is C19H26BrClN2O3. The minimum absolute atomic E-state index is 0.0116. The molecule has 1 saturated heterocycles. The average Bonchev–Trinajstić information content (AvgIpc) is 2.82. The molecule has 1 aliphatic heterocycles. The van der Waals surface area contributed by atoms with E-state index in [2.05, 4.69) is 26.1 Å². The SMILES string of the molecule is CC(C)(C)OC(=O)N[C@@H]1CCCN([C@@H]2c3cc(Cl)cc(Br)c3C[C@H]2O)C1. The van der Waals surface area contributed by atoms with Crippen LogP contribution >= 0.6 is 27.5 Å². The van der Waals surface area contributed by atoms with Crippen molar-refractivity contribution >= 4 is 33.6 Å². The lowest BCUT2D eigenvalue weighted by Crippen LogP contribution is -2.50. The number of carbonyl (C=O) groups excluding carboxylic acids is 1. The number of aliphatic hydroxyl groups excluding tert-OH is 1. The van der Waals surface area contributed by atoms with Gasteiger partial charge in [0, 0.05) is 28.5 Å². The Kier molecular flexibility index (Phi) is 5.87. The Morgan fingerprint density at radius 2 is 2.15 bits per heavy atom. The van der Waals surface area contributed by atoms with Gasteiger partial charge in [-0.25, -0.2) is 4.79 Å². The van der Waals surface area contributed by atoms with Crippen LogP contribution in [0.25, 0.3) is 0 Å². The molecule has 1 aliphatic carbocycles. The van der Waals surface area contributed by atoms with E-state index in [1.165, 1.54) is 0 Å². The Balaban J connectivity index is 1.72. The van der Waals surface area contributed by atoms with Crippen LogP contribution in [0.1, 0.15) is 50.8 Å². The number of alkyl carbamates (subject to hydrolysis) is 1. The van der Waals surface area contributed by atoms with E-state index in [1.807, 2.05) is 32.9 Å². The van der Waals surface area contributed by atoms with E-state index in [9.17, 15) is 9.90 Å².